The van der Waals surface area contributed by atoms with E-state index in [2.05, 4.69) is 26.0 Å². The number of hydrogen-bond donors (Lipinski definition) is 2. The number of methoxy groups -OCH3 is 1. The van der Waals surface area contributed by atoms with Crippen molar-refractivity contribution in [2.75, 3.05) is 7.11 Å². The van der Waals surface area contributed by atoms with Gasteiger partial charge in [-0.05, 0) is 24.6 Å². The second kappa shape index (κ2) is 7.72. The zero-order valence-electron chi connectivity index (χ0n) is 11.1. The van der Waals surface area contributed by atoms with E-state index in [1.54, 1.807) is 0 Å². The third-order valence-electron chi connectivity index (χ3n) is 2.64. The number of aliphatic carboxylic acids is 1. The van der Waals surface area contributed by atoms with Crippen LogP contribution in [0.25, 0.3) is 0 Å². The standard InChI is InChI=1S/C13H13BrFNO5/c1-21-11(17)5-4-10(13(19)20)16-12(18)8-3-2-7(14)6-9(8)15/h2-3,6,10H,4-5H2,1H3,(H,16,18)(H,19,20)/t10-/m0/s1. The van der Waals surface area contributed by atoms with Gasteiger partial charge in [0.1, 0.15) is 11.9 Å². The fourth-order valence-electron chi connectivity index (χ4n) is 1.53. The first-order valence-corrected chi connectivity index (χ1v) is 6.70. The number of rotatable bonds is 6. The Labute approximate surface area is 128 Å². The fourth-order valence-corrected chi connectivity index (χ4v) is 1.86. The van der Waals surface area contributed by atoms with Crippen LogP contribution in [-0.4, -0.2) is 36.1 Å². The molecule has 0 saturated heterocycles. The van der Waals surface area contributed by atoms with Crippen LogP contribution in [0.2, 0.25) is 0 Å². The largest absolute Gasteiger partial charge is 0.480 e. The van der Waals surface area contributed by atoms with Gasteiger partial charge in [-0.3, -0.25) is 9.59 Å². The molecule has 0 bridgehead atoms. The highest BCUT2D eigenvalue weighted by atomic mass is 79.9. The summed E-state index contributed by atoms with van der Waals surface area (Å²) in [5.74, 6) is -3.55. The maximum absolute atomic E-state index is 13.6. The molecule has 114 valence electrons. The molecular weight excluding hydrogens is 349 g/mol. The number of nitrogens with one attached hydrogen (secondary N) is 1. The first-order chi connectivity index (χ1) is 9.85. The molecule has 0 heterocycles. The summed E-state index contributed by atoms with van der Waals surface area (Å²) in [6, 6.07) is 2.48. The van der Waals surface area contributed by atoms with Crippen LogP contribution in [0.5, 0.6) is 0 Å². The Morgan fingerprint density at radius 3 is 2.62 bits per heavy atom. The molecule has 1 atom stereocenters. The maximum Gasteiger partial charge on any atom is 0.326 e. The molecule has 0 fully saturated rings. The summed E-state index contributed by atoms with van der Waals surface area (Å²) >= 11 is 3.05. The molecular formula is C13H13BrFNO5. The summed E-state index contributed by atoms with van der Waals surface area (Å²) in [4.78, 5) is 33.9. The Bertz CT molecular complexity index is 563. The van der Waals surface area contributed by atoms with Crippen LogP contribution >= 0.6 is 15.9 Å². The zero-order chi connectivity index (χ0) is 16.0. The van der Waals surface area contributed by atoms with E-state index in [1.807, 2.05) is 0 Å². The van der Waals surface area contributed by atoms with Gasteiger partial charge in [-0.2, -0.15) is 0 Å². The summed E-state index contributed by atoms with van der Waals surface area (Å²) in [6.45, 7) is 0. The maximum atomic E-state index is 13.6. The van der Waals surface area contributed by atoms with Crippen LogP contribution in [0, 0.1) is 5.82 Å². The third-order valence-corrected chi connectivity index (χ3v) is 3.14. The van der Waals surface area contributed by atoms with E-state index in [4.69, 9.17) is 5.11 Å². The topological polar surface area (TPSA) is 92.7 Å². The molecule has 2 N–H and O–H groups in total. The summed E-state index contributed by atoms with van der Waals surface area (Å²) in [6.07, 6.45) is -0.317. The molecule has 0 spiro atoms. The number of halogens is 2. The smallest absolute Gasteiger partial charge is 0.326 e. The van der Waals surface area contributed by atoms with E-state index in [0.29, 0.717) is 4.47 Å². The van der Waals surface area contributed by atoms with Gasteiger partial charge in [-0.1, -0.05) is 15.9 Å². The lowest BCUT2D eigenvalue weighted by Gasteiger charge is -2.14. The highest BCUT2D eigenvalue weighted by Gasteiger charge is 2.23. The zero-order valence-corrected chi connectivity index (χ0v) is 12.6. The quantitative estimate of drug-likeness (QED) is 0.752. The van der Waals surface area contributed by atoms with E-state index in [-0.39, 0.29) is 18.4 Å². The Hall–Kier alpha value is -1.96. The van der Waals surface area contributed by atoms with Gasteiger partial charge in [0.2, 0.25) is 0 Å². The number of amides is 1. The van der Waals surface area contributed by atoms with Crippen molar-refractivity contribution in [3.63, 3.8) is 0 Å². The fraction of sp³-hybridized carbons (Fsp3) is 0.308. The molecule has 8 heteroatoms. The average Bonchev–Trinajstić information content (AvgIpc) is 2.42. The predicted molar refractivity (Wildman–Crippen MR) is 74.2 cm³/mol. The second-order valence-corrected chi connectivity index (χ2v) is 5.02. The number of carboxylic acids is 1. The van der Waals surface area contributed by atoms with Crippen LogP contribution in [0.4, 0.5) is 4.39 Å². The third kappa shape index (κ3) is 5.14. The van der Waals surface area contributed by atoms with Crippen molar-refractivity contribution in [3.05, 3.63) is 34.1 Å². The lowest BCUT2D eigenvalue weighted by Crippen LogP contribution is -2.41. The number of benzene rings is 1. The molecule has 0 saturated carbocycles. The lowest BCUT2D eigenvalue weighted by molar-refractivity contribution is -0.142. The van der Waals surface area contributed by atoms with Crippen molar-refractivity contribution >= 4 is 33.8 Å². The van der Waals surface area contributed by atoms with Crippen molar-refractivity contribution in [1.82, 2.24) is 5.32 Å². The van der Waals surface area contributed by atoms with Gasteiger partial charge in [0.15, 0.2) is 0 Å². The molecule has 0 unspecified atom stereocenters. The van der Waals surface area contributed by atoms with Crippen molar-refractivity contribution < 1.29 is 28.6 Å². The predicted octanol–water partition coefficient (Wildman–Crippen LogP) is 1.72. The lowest BCUT2D eigenvalue weighted by atomic mass is 10.1. The first-order valence-electron chi connectivity index (χ1n) is 5.90. The van der Waals surface area contributed by atoms with E-state index >= 15 is 0 Å². The van der Waals surface area contributed by atoms with Crippen LogP contribution in [0.3, 0.4) is 0 Å². The van der Waals surface area contributed by atoms with E-state index in [0.717, 1.165) is 6.07 Å². The summed E-state index contributed by atoms with van der Waals surface area (Å²) < 4.78 is 18.5. The van der Waals surface area contributed by atoms with E-state index < -0.39 is 29.7 Å². The second-order valence-electron chi connectivity index (χ2n) is 4.10. The number of esters is 1. The number of carbonyl (C=O) groups excluding carboxylic acids is 2. The Kier molecular flexibility index (Phi) is 6.29. The molecule has 0 aliphatic heterocycles. The molecule has 0 aromatic heterocycles. The SMILES string of the molecule is COC(=O)CC[C@H](NC(=O)c1ccc(Br)cc1F)C(=O)O. The van der Waals surface area contributed by atoms with Gasteiger partial charge in [-0.15, -0.1) is 0 Å². The molecule has 1 aromatic carbocycles. The molecule has 21 heavy (non-hydrogen) atoms. The highest BCUT2D eigenvalue weighted by Crippen LogP contribution is 2.15. The van der Waals surface area contributed by atoms with Gasteiger partial charge in [-0.25, -0.2) is 9.18 Å². The number of carboxylic acid groups (broad SMARTS) is 1. The first kappa shape index (κ1) is 17.1. The molecule has 0 aliphatic rings. The Morgan fingerprint density at radius 2 is 2.10 bits per heavy atom. The van der Waals surface area contributed by atoms with Crippen molar-refractivity contribution in [2.24, 2.45) is 0 Å². The Morgan fingerprint density at radius 1 is 1.43 bits per heavy atom. The normalized spacial score (nSPS) is 11.6. The molecule has 1 amide bonds. The van der Waals surface area contributed by atoms with Crippen LogP contribution in [0.15, 0.2) is 22.7 Å². The van der Waals surface area contributed by atoms with Crippen LogP contribution in [0.1, 0.15) is 23.2 Å². The number of ether oxygens (including phenoxy) is 1. The number of hydrogen-bond acceptors (Lipinski definition) is 4. The number of carbonyl (C=O) groups is 3. The minimum Gasteiger partial charge on any atom is -0.480 e. The summed E-state index contributed by atoms with van der Waals surface area (Å²) in [5, 5.41) is 11.2. The van der Waals surface area contributed by atoms with E-state index in [1.165, 1.54) is 19.2 Å². The minimum atomic E-state index is -1.32. The average molecular weight is 362 g/mol. The van der Waals surface area contributed by atoms with Crippen LogP contribution < -0.4 is 5.32 Å². The van der Waals surface area contributed by atoms with Crippen molar-refractivity contribution in [3.8, 4) is 0 Å². The van der Waals surface area contributed by atoms with Crippen molar-refractivity contribution in [1.29, 1.82) is 0 Å². The molecule has 1 aromatic rings. The van der Waals surface area contributed by atoms with E-state index in [9.17, 15) is 18.8 Å². The molecule has 1 rings (SSSR count). The monoisotopic (exact) mass is 361 g/mol. The van der Waals surface area contributed by atoms with Gasteiger partial charge in [0.05, 0.1) is 12.7 Å². The molecule has 0 radical (unpaired) electrons. The minimum absolute atomic E-state index is 0.147. The summed E-state index contributed by atoms with van der Waals surface area (Å²) in [7, 11) is 1.17. The Balaban J connectivity index is 2.76. The van der Waals surface area contributed by atoms with Gasteiger partial charge in [0.25, 0.3) is 5.91 Å². The molecule has 0 aliphatic carbocycles. The van der Waals surface area contributed by atoms with Crippen LogP contribution in [-0.2, 0) is 14.3 Å². The van der Waals surface area contributed by atoms with Gasteiger partial charge in [0, 0.05) is 10.9 Å². The van der Waals surface area contributed by atoms with Crippen molar-refractivity contribution in [2.45, 2.75) is 18.9 Å². The molecule has 6 nitrogen and oxygen atoms in total. The summed E-state index contributed by atoms with van der Waals surface area (Å²) in [5.41, 5.74) is -0.275. The van der Waals surface area contributed by atoms with Gasteiger partial charge >= 0.3 is 11.9 Å². The van der Waals surface area contributed by atoms with Gasteiger partial charge < -0.3 is 15.2 Å². The highest BCUT2D eigenvalue weighted by molar-refractivity contribution is 9.10.